The molecule has 9 rings (SSSR count). The molecule has 0 saturated heterocycles. The van der Waals surface area contributed by atoms with Gasteiger partial charge in [0.2, 0.25) is 10.0 Å². The summed E-state index contributed by atoms with van der Waals surface area (Å²) in [4.78, 5) is 14.8. The predicted molar refractivity (Wildman–Crippen MR) is 189 cm³/mol. The fourth-order valence-corrected chi connectivity index (χ4v) is 13.2. The van der Waals surface area contributed by atoms with Gasteiger partial charge in [-0.15, -0.1) is 0 Å². The molecule has 258 valence electrons. The molecular weight excluding hydrogens is 619 g/mol. The number of Topliss-reactive ketones (excluding diaryl/α,β-unsaturated/α-hetero) is 1. The summed E-state index contributed by atoms with van der Waals surface area (Å²) in [6.45, 7) is 4.86. The van der Waals surface area contributed by atoms with Crippen LogP contribution in [0.15, 0.2) is 66.3 Å². The Bertz CT molecular complexity index is 1810. The van der Waals surface area contributed by atoms with E-state index in [0.29, 0.717) is 18.6 Å². The lowest BCUT2D eigenvalue weighted by atomic mass is 9.32. The van der Waals surface area contributed by atoms with Crippen LogP contribution in [0.4, 0.5) is 0 Å². The van der Waals surface area contributed by atoms with Crippen LogP contribution in [-0.4, -0.2) is 53.2 Å². The van der Waals surface area contributed by atoms with E-state index in [1.54, 1.807) is 0 Å². The molecule has 2 bridgehead atoms. The van der Waals surface area contributed by atoms with Gasteiger partial charge in [0.05, 0.1) is 18.0 Å². The van der Waals surface area contributed by atoms with Crippen molar-refractivity contribution in [3.8, 4) is 0 Å². The lowest BCUT2D eigenvalue weighted by Gasteiger charge is -2.71. The average molecular weight is 672 g/mol. The van der Waals surface area contributed by atoms with Crippen LogP contribution in [-0.2, 0) is 21.4 Å². The van der Waals surface area contributed by atoms with Crippen LogP contribution in [0.1, 0.15) is 96.5 Å². The first-order valence-corrected chi connectivity index (χ1v) is 20.4. The molecular formula is C41H53NO5S. The van der Waals surface area contributed by atoms with E-state index in [2.05, 4.69) is 32.1 Å². The predicted octanol–water partition coefficient (Wildman–Crippen LogP) is 7.34. The summed E-state index contributed by atoms with van der Waals surface area (Å²) in [7, 11) is -3.66. The van der Waals surface area contributed by atoms with E-state index in [4.69, 9.17) is 0 Å². The summed E-state index contributed by atoms with van der Waals surface area (Å²) >= 11 is 0. The number of aliphatic hydroxyl groups excluding tert-OH is 1. The summed E-state index contributed by atoms with van der Waals surface area (Å²) in [6, 6.07) is 14.1. The number of hydrogen-bond donors (Lipinski definition) is 2. The molecule has 2 aromatic rings. The van der Waals surface area contributed by atoms with Gasteiger partial charge >= 0.3 is 0 Å². The number of nitrogens with zero attached hydrogens (tertiary/aromatic N) is 1. The summed E-state index contributed by atoms with van der Waals surface area (Å²) in [5.41, 5.74) is -0.826. The van der Waals surface area contributed by atoms with E-state index in [-0.39, 0.29) is 47.8 Å². The maximum absolute atomic E-state index is 14.8. The summed E-state index contributed by atoms with van der Waals surface area (Å²) < 4.78 is 28.5. The Morgan fingerprint density at radius 3 is 2.33 bits per heavy atom. The molecule has 6 nitrogen and oxygen atoms in total. The van der Waals surface area contributed by atoms with Crippen molar-refractivity contribution in [2.24, 2.45) is 39.4 Å². The number of sulfonamides is 1. The van der Waals surface area contributed by atoms with Gasteiger partial charge < -0.3 is 10.2 Å². The molecule has 0 amide bonds. The second-order valence-electron chi connectivity index (χ2n) is 17.2. The number of allylic oxidation sites excluding steroid dienone is 4. The zero-order valence-electron chi connectivity index (χ0n) is 29.0. The van der Waals surface area contributed by atoms with Crippen molar-refractivity contribution in [2.45, 2.75) is 109 Å². The highest BCUT2D eigenvalue weighted by Crippen LogP contribution is 2.78. The molecule has 7 aliphatic carbocycles. The van der Waals surface area contributed by atoms with Crippen molar-refractivity contribution in [1.29, 1.82) is 0 Å². The van der Waals surface area contributed by atoms with Crippen molar-refractivity contribution in [3.63, 3.8) is 0 Å². The number of carbonyl (C=O) groups is 1. The van der Waals surface area contributed by atoms with Gasteiger partial charge in [0.25, 0.3) is 0 Å². The summed E-state index contributed by atoms with van der Waals surface area (Å²) in [6.07, 6.45) is 18.5. The minimum absolute atomic E-state index is 0.0183. The standard InChI is InChI=1S/C41H53NO5S/c1-37-19-16-31(43)24-39(37)22-23-41(33(25-39)36(44)29-11-5-4-6-12-29)34(37)17-20-38(2)35(41)18-21-40(38,45)27-42(48(3,46)47)26-30-14-9-13-28-10-7-8-15-32(28)30/h7-10,13-15,22-23,25,29,31,34-35,43,45H,4-6,11-12,16-21,24,26-27H2,1-3H3. The monoisotopic (exact) mass is 671 g/mol. The van der Waals surface area contributed by atoms with Gasteiger partial charge in [-0.2, -0.15) is 4.31 Å². The van der Waals surface area contributed by atoms with Gasteiger partial charge in [-0.25, -0.2) is 8.42 Å². The van der Waals surface area contributed by atoms with Crippen LogP contribution in [0, 0.1) is 39.4 Å². The van der Waals surface area contributed by atoms with Gasteiger partial charge in [-0.05, 0) is 91.4 Å². The van der Waals surface area contributed by atoms with Crippen LogP contribution in [0.5, 0.6) is 0 Å². The van der Waals surface area contributed by atoms with Crippen LogP contribution in [0.2, 0.25) is 0 Å². The molecule has 2 spiro atoms. The van der Waals surface area contributed by atoms with Crippen LogP contribution in [0.3, 0.4) is 0 Å². The number of rotatable bonds is 7. The normalized spacial score (nSPS) is 40.8. The number of aliphatic hydroxyl groups is 2. The number of carbonyl (C=O) groups excluding carboxylic acids is 1. The lowest BCUT2D eigenvalue weighted by Crippen LogP contribution is -2.67. The number of benzene rings is 2. The van der Waals surface area contributed by atoms with E-state index >= 15 is 0 Å². The molecule has 2 aromatic carbocycles. The molecule has 8 atom stereocenters. The van der Waals surface area contributed by atoms with Crippen LogP contribution in [0.25, 0.3) is 10.8 Å². The minimum atomic E-state index is -3.66. The van der Waals surface area contributed by atoms with Gasteiger partial charge in [-0.1, -0.05) is 93.8 Å². The molecule has 2 N–H and O–H groups in total. The molecule has 0 aromatic heterocycles. The highest BCUT2D eigenvalue weighted by Gasteiger charge is 2.74. The van der Waals surface area contributed by atoms with E-state index < -0.39 is 26.5 Å². The largest absolute Gasteiger partial charge is 0.393 e. The van der Waals surface area contributed by atoms with Crippen molar-refractivity contribution in [2.75, 3.05) is 12.8 Å². The summed E-state index contributed by atoms with van der Waals surface area (Å²) in [5, 5.41) is 26.0. The third kappa shape index (κ3) is 4.52. The van der Waals surface area contributed by atoms with E-state index in [0.717, 1.165) is 79.7 Å². The quantitative estimate of drug-likeness (QED) is 0.301. The Balaban J connectivity index is 1.20. The van der Waals surface area contributed by atoms with Crippen molar-refractivity contribution < 1.29 is 23.4 Å². The van der Waals surface area contributed by atoms with E-state index in [9.17, 15) is 23.4 Å². The Morgan fingerprint density at radius 1 is 0.875 bits per heavy atom. The van der Waals surface area contributed by atoms with Gasteiger partial charge in [0.15, 0.2) is 5.78 Å². The molecule has 7 aliphatic rings. The maximum atomic E-state index is 14.8. The number of hydrogen-bond acceptors (Lipinski definition) is 5. The number of fused-ring (bicyclic) bond motifs is 2. The van der Waals surface area contributed by atoms with Crippen LogP contribution < -0.4 is 0 Å². The first kappa shape index (κ1) is 32.9. The van der Waals surface area contributed by atoms with Crippen LogP contribution >= 0.6 is 0 Å². The molecule has 0 aliphatic heterocycles. The smallest absolute Gasteiger partial charge is 0.211 e. The Kier molecular flexibility index (Phi) is 7.59. The topological polar surface area (TPSA) is 94.9 Å². The number of ketones is 1. The highest BCUT2D eigenvalue weighted by molar-refractivity contribution is 7.88. The molecule has 7 heteroatoms. The first-order valence-electron chi connectivity index (χ1n) is 18.6. The Hall–Kier alpha value is -2.32. The first-order chi connectivity index (χ1) is 22.8. The molecule has 48 heavy (non-hydrogen) atoms. The fraction of sp³-hybridized carbons (Fsp3) is 0.634. The molecule has 8 unspecified atom stereocenters. The summed E-state index contributed by atoms with van der Waals surface area (Å²) in [5.74, 6) is 0.611. The third-order valence-corrected chi connectivity index (χ3v) is 16.3. The zero-order chi connectivity index (χ0) is 33.7. The van der Waals surface area contributed by atoms with Crippen molar-refractivity contribution >= 4 is 26.6 Å². The average Bonchev–Trinajstić information content (AvgIpc) is 3.34. The van der Waals surface area contributed by atoms with Crippen molar-refractivity contribution in [1.82, 2.24) is 4.31 Å². The lowest BCUT2D eigenvalue weighted by molar-refractivity contribution is -0.177. The molecule has 4 fully saturated rings. The third-order valence-electron chi connectivity index (χ3n) is 15.1. The molecule has 4 saturated carbocycles. The molecule has 0 heterocycles. The second kappa shape index (κ2) is 11.1. The maximum Gasteiger partial charge on any atom is 0.211 e. The van der Waals surface area contributed by atoms with Gasteiger partial charge in [0.1, 0.15) is 0 Å². The zero-order valence-corrected chi connectivity index (χ0v) is 29.8. The van der Waals surface area contributed by atoms with E-state index in [1.165, 1.54) is 17.0 Å². The van der Waals surface area contributed by atoms with Gasteiger partial charge in [0, 0.05) is 40.8 Å². The van der Waals surface area contributed by atoms with Gasteiger partial charge in [-0.3, -0.25) is 4.79 Å². The minimum Gasteiger partial charge on any atom is -0.393 e. The SMILES string of the molecule is CC12CCC(O)CC13C=CC1(C(C(=O)C4CCCCC4)=C3)C2CCC2(C)C1CCC2(O)CN(Cc1cccc2ccccc12)S(C)(=O)=O. The second-order valence-corrected chi connectivity index (χ2v) is 19.2. The molecule has 0 radical (unpaired) electrons. The Labute approximate surface area is 286 Å². The fourth-order valence-electron chi connectivity index (χ4n) is 12.4. The Morgan fingerprint density at radius 2 is 1.56 bits per heavy atom. The van der Waals surface area contributed by atoms with E-state index in [1.807, 2.05) is 42.5 Å². The highest BCUT2D eigenvalue weighted by atomic mass is 32.2. The van der Waals surface area contributed by atoms with Crippen molar-refractivity contribution in [3.05, 3.63) is 71.8 Å².